The molecule has 1 nitrogen and oxygen atoms in total. The van der Waals surface area contributed by atoms with Gasteiger partial charge < -0.3 is 5.32 Å². The first-order chi connectivity index (χ1) is 9.15. The summed E-state index contributed by atoms with van der Waals surface area (Å²) in [5.74, 6) is -0.257. The van der Waals surface area contributed by atoms with Crippen LogP contribution in [0.4, 0.5) is 4.39 Å². The van der Waals surface area contributed by atoms with Gasteiger partial charge in [0.25, 0.3) is 0 Å². The zero-order valence-corrected chi connectivity index (χ0v) is 12.4. The van der Waals surface area contributed by atoms with Crippen LogP contribution in [0.3, 0.4) is 0 Å². The van der Waals surface area contributed by atoms with Crippen molar-refractivity contribution in [2.75, 3.05) is 6.54 Å². The van der Waals surface area contributed by atoms with Crippen molar-refractivity contribution in [3.8, 4) is 0 Å². The molecule has 0 amide bonds. The van der Waals surface area contributed by atoms with E-state index in [4.69, 9.17) is 11.6 Å². The Hall–Kier alpha value is -0.600. The van der Waals surface area contributed by atoms with Crippen LogP contribution >= 0.6 is 11.6 Å². The zero-order valence-electron chi connectivity index (χ0n) is 11.6. The Morgan fingerprint density at radius 2 is 2.16 bits per heavy atom. The van der Waals surface area contributed by atoms with E-state index >= 15 is 0 Å². The van der Waals surface area contributed by atoms with Crippen LogP contribution in [0.2, 0.25) is 5.02 Å². The fraction of sp³-hybridized carbons (Fsp3) is 0.625. The summed E-state index contributed by atoms with van der Waals surface area (Å²) >= 11 is 6.18. The molecule has 1 aromatic rings. The molecule has 0 spiro atoms. The van der Waals surface area contributed by atoms with Crippen LogP contribution in [0, 0.1) is 5.82 Å². The van der Waals surface area contributed by atoms with Crippen molar-refractivity contribution in [3.63, 3.8) is 0 Å². The molecular weight excluding hydrogens is 261 g/mol. The fourth-order valence-electron chi connectivity index (χ4n) is 3.17. The first-order valence-electron chi connectivity index (χ1n) is 7.34. The summed E-state index contributed by atoms with van der Waals surface area (Å²) in [7, 11) is 0. The van der Waals surface area contributed by atoms with E-state index in [9.17, 15) is 4.39 Å². The van der Waals surface area contributed by atoms with Crippen LogP contribution in [0.1, 0.15) is 51.0 Å². The second-order valence-corrected chi connectivity index (χ2v) is 6.09. The van der Waals surface area contributed by atoms with E-state index in [0.717, 1.165) is 31.4 Å². The van der Waals surface area contributed by atoms with E-state index in [1.165, 1.54) is 37.8 Å². The predicted molar refractivity (Wildman–Crippen MR) is 79.2 cm³/mol. The molecule has 0 aliphatic carbocycles. The number of hydrogen-bond donors (Lipinski definition) is 1. The summed E-state index contributed by atoms with van der Waals surface area (Å²) in [5.41, 5.74) is 1.21. The molecule has 106 valence electrons. The summed E-state index contributed by atoms with van der Waals surface area (Å²) in [6.07, 6.45) is 8.23. The molecule has 1 aliphatic rings. The molecule has 0 aromatic heterocycles. The molecule has 19 heavy (non-hydrogen) atoms. The van der Waals surface area contributed by atoms with Crippen molar-refractivity contribution in [1.29, 1.82) is 0 Å². The lowest BCUT2D eigenvalue weighted by atomic mass is 9.83. The Balaban J connectivity index is 2.19. The normalized spacial score (nSPS) is 24.2. The summed E-state index contributed by atoms with van der Waals surface area (Å²) in [5, 5.41) is 4.29. The van der Waals surface area contributed by atoms with Gasteiger partial charge in [-0.25, -0.2) is 4.39 Å². The van der Waals surface area contributed by atoms with Gasteiger partial charge >= 0.3 is 0 Å². The Labute approximate surface area is 120 Å². The van der Waals surface area contributed by atoms with Crippen LogP contribution in [0.25, 0.3) is 0 Å². The smallest absolute Gasteiger partial charge is 0.124 e. The molecule has 1 saturated heterocycles. The minimum Gasteiger partial charge on any atom is -0.311 e. The highest BCUT2D eigenvalue weighted by atomic mass is 35.5. The topological polar surface area (TPSA) is 12.0 Å². The molecule has 1 unspecified atom stereocenters. The average Bonchev–Trinajstić information content (AvgIpc) is 2.59. The summed E-state index contributed by atoms with van der Waals surface area (Å²) < 4.78 is 13.1. The van der Waals surface area contributed by atoms with Crippen LogP contribution in [-0.4, -0.2) is 12.1 Å². The lowest BCUT2D eigenvalue weighted by Crippen LogP contribution is -2.46. The van der Waals surface area contributed by atoms with Gasteiger partial charge in [0.15, 0.2) is 0 Å². The summed E-state index contributed by atoms with van der Waals surface area (Å²) in [4.78, 5) is 0. The van der Waals surface area contributed by atoms with Crippen LogP contribution in [0.5, 0.6) is 0 Å². The maximum Gasteiger partial charge on any atom is 0.124 e. The molecule has 1 atom stereocenters. The second kappa shape index (κ2) is 6.71. The maximum atomic E-state index is 13.1. The predicted octanol–water partition coefficient (Wildman–Crippen LogP) is 4.72. The number of hydrogen-bond acceptors (Lipinski definition) is 1. The largest absolute Gasteiger partial charge is 0.311 e. The minimum absolute atomic E-state index is 0.146. The van der Waals surface area contributed by atoms with Crippen molar-refractivity contribution >= 4 is 11.6 Å². The Kier molecular flexibility index (Phi) is 5.23. The van der Waals surface area contributed by atoms with E-state index in [2.05, 4.69) is 12.2 Å². The van der Waals surface area contributed by atoms with Crippen LogP contribution < -0.4 is 5.32 Å². The molecule has 1 aliphatic heterocycles. The van der Waals surface area contributed by atoms with Gasteiger partial charge in [-0.05, 0) is 49.9 Å². The zero-order chi connectivity index (χ0) is 13.7. The molecule has 1 fully saturated rings. The molecule has 1 N–H and O–H groups in total. The van der Waals surface area contributed by atoms with E-state index in [0.29, 0.717) is 5.02 Å². The Morgan fingerprint density at radius 1 is 1.32 bits per heavy atom. The van der Waals surface area contributed by atoms with Crippen molar-refractivity contribution in [1.82, 2.24) is 5.32 Å². The maximum absolute atomic E-state index is 13.1. The first-order valence-corrected chi connectivity index (χ1v) is 7.72. The average molecular weight is 284 g/mol. The van der Waals surface area contributed by atoms with Crippen molar-refractivity contribution in [2.45, 2.75) is 57.4 Å². The molecule has 0 radical (unpaired) electrons. The number of halogens is 2. The fourth-order valence-corrected chi connectivity index (χ4v) is 3.40. The van der Waals surface area contributed by atoms with Gasteiger partial charge in [0.1, 0.15) is 5.82 Å². The number of benzene rings is 1. The third-order valence-corrected chi connectivity index (χ3v) is 4.46. The lowest BCUT2D eigenvalue weighted by Gasteiger charge is -2.34. The molecular formula is C16H23ClFN. The highest BCUT2D eigenvalue weighted by Gasteiger charge is 2.30. The summed E-state index contributed by atoms with van der Waals surface area (Å²) in [6, 6.07) is 4.77. The van der Waals surface area contributed by atoms with E-state index in [-0.39, 0.29) is 11.4 Å². The van der Waals surface area contributed by atoms with Gasteiger partial charge in [-0.3, -0.25) is 0 Å². The Morgan fingerprint density at radius 3 is 2.89 bits per heavy atom. The van der Waals surface area contributed by atoms with Crippen LogP contribution in [0.15, 0.2) is 18.2 Å². The summed E-state index contributed by atoms with van der Waals surface area (Å²) in [6.45, 7) is 3.30. The lowest BCUT2D eigenvalue weighted by molar-refractivity contribution is 0.288. The molecule has 1 aromatic carbocycles. The monoisotopic (exact) mass is 283 g/mol. The molecule has 0 saturated carbocycles. The molecule has 3 heteroatoms. The van der Waals surface area contributed by atoms with E-state index in [1.807, 2.05) is 6.07 Å². The van der Waals surface area contributed by atoms with E-state index < -0.39 is 0 Å². The minimum atomic E-state index is -0.257. The van der Waals surface area contributed by atoms with Crippen molar-refractivity contribution < 1.29 is 4.39 Å². The van der Waals surface area contributed by atoms with Crippen molar-refractivity contribution in [3.05, 3.63) is 34.6 Å². The number of rotatable bonds is 4. The molecule has 0 bridgehead atoms. The highest BCUT2D eigenvalue weighted by molar-refractivity contribution is 6.31. The first kappa shape index (κ1) is 14.8. The highest BCUT2D eigenvalue weighted by Crippen LogP contribution is 2.30. The third kappa shape index (κ3) is 3.93. The quantitative estimate of drug-likeness (QED) is 0.843. The van der Waals surface area contributed by atoms with Gasteiger partial charge in [-0.15, -0.1) is 0 Å². The van der Waals surface area contributed by atoms with Gasteiger partial charge in [0, 0.05) is 10.6 Å². The number of nitrogens with one attached hydrogen (secondary N) is 1. The van der Waals surface area contributed by atoms with Gasteiger partial charge in [0.05, 0.1) is 0 Å². The van der Waals surface area contributed by atoms with Crippen LogP contribution in [-0.2, 0) is 6.42 Å². The van der Waals surface area contributed by atoms with Gasteiger partial charge in [-0.1, -0.05) is 43.9 Å². The Bertz CT molecular complexity index is 411. The third-order valence-electron chi connectivity index (χ3n) is 4.10. The van der Waals surface area contributed by atoms with Crippen molar-refractivity contribution in [2.24, 2.45) is 0 Å². The standard InChI is InChI=1S/C16H23ClFN/c1-2-8-16(9-4-3-5-10-19-16)12-13-6-7-14(18)11-15(13)17/h6-7,11,19H,2-5,8-10,12H2,1H3. The second-order valence-electron chi connectivity index (χ2n) is 5.68. The van der Waals surface area contributed by atoms with E-state index in [1.54, 1.807) is 0 Å². The molecule has 2 rings (SSSR count). The SMILES string of the molecule is CCCC1(Cc2ccc(F)cc2Cl)CCCCCN1. The van der Waals surface area contributed by atoms with Gasteiger partial charge in [0.2, 0.25) is 0 Å². The van der Waals surface area contributed by atoms with Gasteiger partial charge in [-0.2, -0.15) is 0 Å². The molecule has 1 heterocycles.